The highest BCUT2D eigenvalue weighted by Gasteiger charge is 2.15. The van der Waals surface area contributed by atoms with Crippen molar-refractivity contribution >= 4 is 0 Å². The summed E-state index contributed by atoms with van der Waals surface area (Å²) in [6, 6.07) is 6.75. The van der Waals surface area contributed by atoms with E-state index >= 15 is 0 Å². The van der Waals surface area contributed by atoms with Crippen LogP contribution in [0.2, 0.25) is 0 Å². The Labute approximate surface area is 128 Å². The van der Waals surface area contributed by atoms with Crippen LogP contribution in [0.3, 0.4) is 0 Å². The quantitative estimate of drug-likeness (QED) is 0.722. The lowest BCUT2D eigenvalue weighted by Crippen LogP contribution is -2.22. The highest BCUT2D eigenvalue weighted by atomic mass is 16.5. The Bertz CT molecular complexity index is 431. The normalized spacial score (nSPS) is 17.1. The third-order valence-corrected chi connectivity index (χ3v) is 4.18. The lowest BCUT2D eigenvalue weighted by atomic mass is 10.0. The van der Waals surface area contributed by atoms with Crippen LogP contribution in [0.1, 0.15) is 43.4 Å². The van der Waals surface area contributed by atoms with Gasteiger partial charge in [-0.05, 0) is 63.5 Å². The Morgan fingerprint density at radius 3 is 2.76 bits per heavy atom. The summed E-state index contributed by atoms with van der Waals surface area (Å²) in [5.74, 6) is 0.980. The summed E-state index contributed by atoms with van der Waals surface area (Å²) in [6.07, 6.45) is 3.41. The average molecular weight is 292 g/mol. The highest BCUT2D eigenvalue weighted by molar-refractivity contribution is 5.38. The molecule has 1 aromatic rings. The molecule has 1 aliphatic rings. The number of methoxy groups -OCH3 is 1. The first-order valence-corrected chi connectivity index (χ1v) is 7.98. The lowest BCUT2D eigenvalue weighted by Gasteiger charge is -2.20. The molecule has 0 amide bonds. The minimum atomic E-state index is 0.239. The van der Waals surface area contributed by atoms with Crippen LogP contribution >= 0.6 is 0 Å². The second-order valence-corrected chi connectivity index (χ2v) is 5.81. The third kappa shape index (κ3) is 4.70. The van der Waals surface area contributed by atoms with Crippen LogP contribution in [0.4, 0.5) is 0 Å². The van der Waals surface area contributed by atoms with Crippen molar-refractivity contribution < 1.29 is 9.84 Å². The minimum absolute atomic E-state index is 0.239. The molecule has 118 valence electrons. The molecule has 0 bridgehead atoms. The molecule has 4 heteroatoms. The van der Waals surface area contributed by atoms with Gasteiger partial charge in [0.15, 0.2) is 0 Å². The van der Waals surface area contributed by atoms with Gasteiger partial charge in [0, 0.05) is 24.8 Å². The smallest absolute Gasteiger partial charge is 0.123 e. The molecule has 1 saturated heterocycles. The fourth-order valence-corrected chi connectivity index (χ4v) is 2.89. The topological polar surface area (TPSA) is 44.7 Å². The van der Waals surface area contributed by atoms with Gasteiger partial charge in [-0.15, -0.1) is 0 Å². The van der Waals surface area contributed by atoms with Crippen molar-refractivity contribution in [2.75, 3.05) is 33.4 Å². The van der Waals surface area contributed by atoms with Crippen LogP contribution in [0, 0.1) is 0 Å². The zero-order valence-electron chi connectivity index (χ0n) is 13.3. The van der Waals surface area contributed by atoms with E-state index in [-0.39, 0.29) is 6.61 Å². The van der Waals surface area contributed by atoms with E-state index in [1.807, 2.05) is 0 Å². The van der Waals surface area contributed by atoms with Crippen LogP contribution in [0.15, 0.2) is 18.2 Å². The van der Waals surface area contributed by atoms with Gasteiger partial charge in [-0.1, -0.05) is 6.07 Å². The Balaban J connectivity index is 2.04. The van der Waals surface area contributed by atoms with E-state index in [2.05, 4.69) is 35.3 Å². The van der Waals surface area contributed by atoms with E-state index < -0.39 is 0 Å². The van der Waals surface area contributed by atoms with Crippen molar-refractivity contribution in [3.05, 3.63) is 29.3 Å². The van der Waals surface area contributed by atoms with Gasteiger partial charge in [-0.2, -0.15) is 0 Å². The van der Waals surface area contributed by atoms with Gasteiger partial charge in [0.1, 0.15) is 5.75 Å². The number of benzene rings is 1. The van der Waals surface area contributed by atoms with Gasteiger partial charge < -0.3 is 15.2 Å². The van der Waals surface area contributed by atoms with Crippen molar-refractivity contribution in [2.45, 2.75) is 38.8 Å². The first-order valence-electron chi connectivity index (χ1n) is 7.98. The summed E-state index contributed by atoms with van der Waals surface area (Å²) in [7, 11) is 1.74. The highest BCUT2D eigenvalue weighted by Crippen LogP contribution is 2.26. The average Bonchev–Trinajstić information content (AvgIpc) is 3.00. The predicted molar refractivity (Wildman–Crippen MR) is 85.6 cm³/mol. The van der Waals surface area contributed by atoms with Crippen LogP contribution < -0.4 is 10.1 Å². The summed E-state index contributed by atoms with van der Waals surface area (Å²) >= 11 is 0. The molecule has 1 unspecified atom stereocenters. The Morgan fingerprint density at radius 1 is 1.33 bits per heavy atom. The standard InChI is InChI=1S/C17H28N2O2/c1-14(18-8-5-11-20)15-6-7-17(21-2)16(12-15)13-19-9-3-4-10-19/h6-7,12,14,18,20H,3-5,8-11,13H2,1-2H3. The first kappa shape index (κ1) is 16.3. The van der Waals surface area contributed by atoms with Gasteiger partial charge in [0.05, 0.1) is 7.11 Å². The van der Waals surface area contributed by atoms with E-state index in [0.717, 1.165) is 25.3 Å². The molecule has 2 rings (SSSR count). The molecule has 1 aromatic carbocycles. The van der Waals surface area contributed by atoms with Crippen LogP contribution in [-0.4, -0.2) is 43.4 Å². The van der Waals surface area contributed by atoms with Gasteiger partial charge in [-0.3, -0.25) is 4.90 Å². The summed E-state index contributed by atoms with van der Waals surface area (Å²) < 4.78 is 5.51. The van der Waals surface area contributed by atoms with Crippen molar-refractivity contribution in [1.82, 2.24) is 10.2 Å². The fourth-order valence-electron chi connectivity index (χ4n) is 2.89. The largest absolute Gasteiger partial charge is 0.496 e. The van der Waals surface area contributed by atoms with Gasteiger partial charge in [-0.25, -0.2) is 0 Å². The van der Waals surface area contributed by atoms with E-state index in [1.54, 1.807) is 7.11 Å². The molecule has 4 nitrogen and oxygen atoms in total. The number of nitrogens with one attached hydrogen (secondary N) is 1. The maximum Gasteiger partial charge on any atom is 0.123 e. The Hall–Kier alpha value is -1.10. The molecule has 2 N–H and O–H groups in total. The molecular formula is C17H28N2O2. The first-order chi connectivity index (χ1) is 10.2. The molecule has 21 heavy (non-hydrogen) atoms. The number of nitrogens with zero attached hydrogens (tertiary/aromatic N) is 1. The number of hydrogen-bond acceptors (Lipinski definition) is 4. The predicted octanol–water partition coefficient (Wildman–Crippen LogP) is 2.32. The zero-order chi connectivity index (χ0) is 15.1. The number of ether oxygens (including phenoxy) is 1. The number of aliphatic hydroxyl groups is 1. The summed E-state index contributed by atoms with van der Waals surface area (Å²) in [5.41, 5.74) is 2.55. The molecule has 0 aromatic heterocycles. The van der Waals surface area contributed by atoms with Gasteiger partial charge >= 0.3 is 0 Å². The Morgan fingerprint density at radius 2 is 2.10 bits per heavy atom. The van der Waals surface area contributed by atoms with E-state index in [1.165, 1.54) is 37.1 Å². The SMILES string of the molecule is COc1ccc(C(C)NCCCO)cc1CN1CCCC1. The van der Waals surface area contributed by atoms with E-state index in [9.17, 15) is 0 Å². The monoisotopic (exact) mass is 292 g/mol. The minimum Gasteiger partial charge on any atom is -0.496 e. The zero-order valence-corrected chi connectivity index (χ0v) is 13.3. The summed E-state index contributed by atoms with van der Waals surface area (Å²) in [6.45, 7) is 6.60. The van der Waals surface area contributed by atoms with Crippen molar-refractivity contribution in [1.29, 1.82) is 0 Å². The second-order valence-electron chi connectivity index (χ2n) is 5.81. The van der Waals surface area contributed by atoms with Crippen LogP contribution in [0.25, 0.3) is 0 Å². The summed E-state index contributed by atoms with van der Waals surface area (Å²) in [5, 5.41) is 12.3. The lowest BCUT2D eigenvalue weighted by molar-refractivity contribution is 0.284. The van der Waals surface area contributed by atoms with Crippen LogP contribution in [0.5, 0.6) is 5.75 Å². The number of rotatable bonds is 8. The maximum atomic E-state index is 8.86. The molecule has 1 aliphatic heterocycles. The molecule has 1 heterocycles. The Kier molecular flexibility index (Phi) is 6.49. The molecule has 0 radical (unpaired) electrons. The van der Waals surface area contributed by atoms with E-state index in [4.69, 9.17) is 9.84 Å². The fraction of sp³-hybridized carbons (Fsp3) is 0.647. The third-order valence-electron chi connectivity index (χ3n) is 4.18. The maximum absolute atomic E-state index is 8.86. The van der Waals surface area contributed by atoms with Gasteiger partial charge in [0.25, 0.3) is 0 Å². The van der Waals surface area contributed by atoms with Crippen molar-refractivity contribution in [2.24, 2.45) is 0 Å². The van der Waals surface area contributed by atoms with Crippen LogP contribution in [-0.2, 0) is 6.54 Å². The molecule has 0 spiro atoms. The number of aliphatic hydroxyl groups excluding tert-OH is 1. The molecule has 1 atom stereocenters. The summed E-state index contributed by atoms with van der Waals surface area (Å²) in [4.78, 5) is 2.49. The van der Waals surface area contributed by atoms with Crippen molar-refractivity contribution in [3.8, 4) is 5.75 Å². The van der Waals surface area contributed by atoms with Crippen molar-refractivity contribution in [3.63, 3.8) is 0 Å². The molecule has 0 saturated carbocycles. The number of likely N-dealkylation sites (tertiary alicyclic amines) is 1. The number of hydrogen-bond donors (Lipinski definition) is 2. The molecule has 0 aliphatic carbocycles. The molecular weight excluding hydrogens is 264 g/mol. The van der Waals surface area contributed by atoms with Gasteiger partial charge in [0.2, 0.25) is 0 Å². The second kappa shape index (κ2) is 8.37. The van der Waals surface area contributed by atoms with E-state index in [0.29, 0.717) is 6.04 Å². The molecule has 1 fully saturated rings.